The minimum absolute atomic E-state index is 0.419. The highest BCUT2D eigenvalue weighted by atomic mass is 35.5. The molecule has 0 bridgehead atoms. The van der Waals surface area contributed by atoms with Gasteiger partial charge in [0, 0.05) is 36.8 Å². The molecule has 0 unspecified atom stereocenters. The summed E-state index contributed by atoms with van der Waals surface area (Å²) in [6.45, 7) is 0. The number of benzene rings is 1. The molecule has 0 aliphatic heterocycles. The van der Waals surface area contributed by atoms with Crippen LogP contribution in [0.15, 0.2) is 30.5 Å². The first kappa shape index (κ1) is 11.2. The van der Waals surface area contributed by atoms with Crippen LogP contribution in [0, 0.1) is 0 Å². The van der Waals surface area contributed by atoms with Crippen LogP contribution in [0.1, 0.15) is 0 Å². The van der Waals surface area contributed by atoms with Crippen molar-refractivity contribution in [1.82, 2.24) is 14.1 Å². The van der Waals surface area contributed by atoms with Crippen LogP contribution in [0.3, 0.4) is 0 Å². The van der Waals surface area contributed by atoms with Gasteiger partial charge in [0.25, 0.3) is 0 Å². The predicted molar refractivity (Wildman–Crippen MR) is 74.5 cm³/mol. The smallest absolute Gasteiger partial charge is 0.201 e. The minimum Gasteiger partial charge on any atom is -0.369 e. The molecule has 3 aromatic rings. The second-order valence-corrected chi connectivity index (χ2v) is 4.70. The molecule has 0 spiro atoms. The molecule has 0 aliphatic rings. The highest BCUT2D eigenvalue weighted by Gasteiger charge is 2.16. The van der Waals surface area contributed by atoms with Crippen molar-refractivity contribution in [3.05, 3.63) is 35.6 Å². The number of para-hydroxylation sites is 1. The third kappa shape index (κ3) is 1.42. The van der Waals surface area contributed by atoms with Crippen molar-refractivity contribution in [3.8, 4) is 11.3 Å². The van der Waals surface area contributed by atoms with Crippen molar-refractivity contribution in [1.29, 1.82) is 0 Å². The quantitative estimate of drug-likeness (QED) is 0.731. The predicted octanol–water partition coefficient (Wildman–Crippen LogP) is 2.81. The summed E-state index contributed by atoms with van der Waals surface area (Å²) in [5, 5.41) is 1.68. The maximum Gasteiger partial charge on any atom is 0.201 e. The Balaban J connectivity index is 2.35. The van der Waals surface area contributed by atoms with Gasteiger partial charge < -0.3 is 14.9 Å². The standard InChI is InChI=1S/C13H13ClN4/c1-17-7-9(8-5-3-4-6-10(8)17)11-12(14)18(2)13(15)16-11/h3-7H,1-2H3,(H2,15,16). The Morgan fingerprint density at radius 2 is 1.94 bits per heavy atom. The van der Waals surface area contributed by atoms with Gasteiger partial charge in [-0.05, 0) is 6.07 Å². The van der Waals surface area contributed by atoms with Gasteiger partial charge in [0.2, 0.25) is 5.95 Å². The zero-order valence-corrected chi connectivity index (χ0v) is 10.9. The Morgan fingerprint density at radius 3 is 2.61 bits per heavy atom. The van der Waals surface area contributed by atoms with Gasteiger partial charge in [-0.15, -0.1) is 0 Å². The van der Waals surface area contributed by atoms with Crippen LogP contribution in [0.4, 0.5) is 5.95 Å². The van der Waals surface area contributed by atoms with Crippen LogP contribution in [0.25, 0.3) is 22.2 Å². The van der Waals surface area contributed by atoms with E-state index in [0.29, 0.717) is 11.1 Å². The summed E-state index contributed by atoms with van der Waals surface area (Å²) in [5.41, 5.74) is 8.67. The molecule has 0 aliphatic carbocycles. The molecule has 92 valence electrons. The Hall–Kier alpha value is -1.94. The van der Waals surface area contributed by atoms with Crippen molar-refractivity contribution in [2.45, 2.75) is 0 Å². The van der Waals surface area contributed by atoms with Crippen LogP contribution in [0.2, 0.25) is 5.15 Å². The van der Waals surface area contributed by atoms with Gasteiger partial charge in [0.1, 0.15) is 10.8 Å². The summed E-state index contributed by atoms with van der Waals surface area (Å²) in [5.74, 6) is 0.419. The van der Waals surface area contributed by atoms with E-state index in [1.54, 1.807) is 11.6 Å². The fourth-order valence-corrected chi connectivity index (χ4v) is 2.43. The van der Waals surface area contributed by atoms with E-state index in [-0.39, 0.29) is 0 Å². The molecule has 0 saturated heterocycles. The zero-order chi connectivity index (χ0) is 12.9. The maximum atomic E-state index is 6.27. The fraction of sp³-hybridized carbons (Fsp3) is 0.154. The number of halogens is 1. The van der Waals surface area contributed by atoms with E-state index in [1.165, 1.54) is 0 Å². The van der Waals surface area contributed by atoms with Crippen LogP contribution in [-0.4, -0.2) is 14.1 Å². The number of imidazole rings is 1. The van der Waals surface area contributed by atoms with Gasteiger partial charge >= 0.3 is 0 Å². The summed E-state index contributed by atoms with van der Waals surface area (Å²) in [4.78, 5) is 4.34. The Kier molecular flexibility index (Phi) is 2.35. The minimum atomic E-state index is 0.419. The molecular weight excluding hydrogens is 248 g/mol. The second kappa shape index (κ2) is 3.78. The van der Waals surface area contributed by atoms with Crippen molar-refractivity contribution >= 4 is 28.5 Å². The Bertz CT molecular complexity index is 739. The van der Waals surface area contributed by atoms with Crippen molar-refractivity contribution < 1.29 is 0 Å². The summed E-state index contributed by atoms with van der Waals surface area (Å²) in [6, 6.07) is 8.15. The number of nitrogen functional groups attached to an aromatic ring is 1. The number of nitrogens with zero attached hydrogens (tertiary/aromatic N) is 3. The van der Waals surface area contributed by atoms with E-state index in [9.17, 15) is 0 Å². The van der Waals surface area contributed by atoms with E-state index in [1.807, 2.05) is 25.4 Å². The molecule has 0 atom stereocenters. The van der Waals surface area contributed by atoms with Gasteiger partial charge in [0.05, 0.1) is 0 Å². The number of rotatable bonds is 1. The van der Waals surface area contributed by atoms with Crippen LogP contribution in [-0.2, 0) is 14.1 Å². The van der Waals surface area contributed by atoms with Gasteiger partial charge in [0.15, 0.2) is 0 Å². The van der Waals surface area contributed by atoms with E-state index in [0.717, 1.165) is 22.2 Å². The Morgan fingerprint density at radius 1 is 1.22 bits per heavy atom. The number of fused-ring (bicyclic) bond motifs is 1. The van der Waals surface area contributed by atoms with Crippen LogP contribution in [0.5, 0.6) is 0 Å². The Labute approximate surface area is 110 Å². The number of aromatic nitrogens is 3. The van der Waals surface area contributed by atoms with E-state index >= 15 is 0 Å². The van der Waals surface area contributed by atoms with Crippen LogP contribution < -0.4 is 5.73 Å². The first-order valence-corrected chi connectivity index (χ1v) is 5.99. The largest absolute Gasteiger partial charge is 0.369 e. The average Bonchev–Trinajstić information content (AvgIpc) is 2.83. The van der Waals surface area contributed by atoms with Crippen molar-refractivity contribution in [3.63, 3.8) is 0 Å². The van der Waals surface area contributed by atoms with E-state index in [2.05, 4.69) is 21.7 Å². The first-order valence-electron chi connectivity index (χ1n) is 5.61. The number of anilines is 1. The summed E-state index contributed by atoms with van der Waals surface area (Å²) in [6.07, 6.45) is 2.03. The van der Waals surface area contributed by atoms with E-state index < -0.39 is 0 Å². The summed E-state index contributed by atoms with van der Waals surface area (Å²) in [7, 11) is 3.81. The normalized spacial score (nSPS) is 11.3. The molecule has 0 amide bonds. The monoisotopic (exact) mass is 260 g/mol. The maximum absolute atomic E-state index is 6.27. The molecule has 5 heteroatoms. The van der Waals surface area contributed by atoms with Gasteiger partial charge in [-0.25, -0.2) is 4.98 Å². The lowest BCUT2D eigenvalue weighted by atomic mass is 10.1. The number of hydrogen-bond donors (Lipinski definition) is 1. The summed E-state index contributed by atoms with van der Waals surface area (Å²) < 4.78 is 3.74. The molecule has 2 heterocycles. The topological polar surface area (TPSA) is 48.8 Å². The highest BCUT2D eigenvalue weighted by Crippen LogP contribution is 2.34. The fourth-order valence-electron chi connectivity index (χ4n) is 2.20. The van der Waals surface area contributed by atoms with Crippen LogP contribution >= 0.6 is 11.6 Å². The second-order valence-electron chi connectivity index (χ2n) is 4.34. The third-order valence-electron chi connectivity index (χ3n) is 3.21. The lowest BCUT2D eigenvalue weighted by Gasteiger charge is -1.96. The first-order chi connectivity index (χ1) is 8.59. The zero-order valence-electron chi connectivity index (χ0n) is 10.2. The number of aryl methyl sites for hydroxylation is 1. The lowest BCUT2D eigenvalue weighted by molar-refractivity contribution is 0.931. The highest BCUT2D eigenvalue weighted by molar-refractivity contribution is 6.32. The molecule has 2 N–H and O–H groups in total. The molecule has 4 nitrogen and oxygen atoms in total. The van der Waals surface area contributed by atoms with Gasteiger partial charge in [-0.1, -0.05) is 29.8 Å². The van der Waals surface area contributed by atoms with Gasteiger partial charge in [-0.2, -0.15) is 0 Å². The molecule has 2 aromatic heterocycles. The third-order valence-corrected chi connectivity index (χ3v) is 3.64. The molecule has 0 radical (unpaired) electrons. The summed E-state index contributed by atoms with van der Waals surface area (Å²) >= 11 is 6.27. The molecule has 18 heavy (non-hydrogen) atoms. The molecular formula is C13H13ClN4. The average molecular weight is 261 g/mol. The van der Waals surface area contributed by atoms with E-state index in [4.69, 9.17) is 17.3 Å². The number of nitrogens with two attached hydrogens (primary N) is 1. The molecule has 0 saturated carbocycles. The SMILES string of the molecule is Cn1c(N)nc(-c2cn(C)c3ccccc23)c1Cl. The van der Waals surface area contributed by atoms with Crippen molar-refractivity contribution in [2.75, 3.05) is 5.73 Å². The molecule has 3 rings (SSSR count). The lowest BCUT2D eigenvalue weighted by Crippen LogP contribution is -1.96. The molecule has 0 fully saturated rings. The molecule has 1 aromatic carbocycles. The van der Waals surface area contributed by atoms with Gasteiger partial charge in [-0.3, -0.25) is 0 Å². The number of hydrogen-bond acceptors (Lipinski definition) is 2. The van der Waals surface area contributed by atoms with Crippen molar-refractivity contribution in [2.24, 2.45) is 14.1 Å².